The normalized spacial score (nSPS) is 11.7. The van der Waals surface area contributed by atoms with Crippen molar-refractivity contribution in [1.82, 2.24) is 10.7 Å². The Balaban J connectivity index is 1.89. The molecule has 0 spiro atoms. The van der Waals surface area contributed by atoms with E-state index >= 15 is 0 Å². The third-order valence-electron chi connectivity index (χ3n) is 5.44. The summed E-state index contributed by atoms with van der Waals surface area (Å²) in [6.07, 6.45) is 23.2. The van der Waals surface area contributed by atoms with E-state index < -0.39 is 0 Å². The summed E-state index contributed by atoms with van der Waals surface area (Å²) in [4.78, 5) is 0. The molecular formula is C27H45N3S. The number of hydrogen-bond donors (Lipinski definition) is 2. The van der Waals surface area contributed by atoms with Gasteiger partial charge in [0.2, 0.25) is 0 Å². The highest BCUT2D eigenvalue weighted by molar-refractivity contribution is 7.80. The minimum atomic E-state index is 0.596. The number of thiocarbonyl (C=S) groups is 1. The van der Waals surface area contributed by atoms with Gasteiger partial charge in [-0.1, -0.05) is 127 Å². The van der Waals surface area contributed by atoms with Gasteiger partial charge in [-0.25, -0.2) is 0 Å². The minimum Gasteiger partial charge on any atom is -0.361 e. The zero-order valence-electron chi connectivity index (χ0n) is 20.0. The number of nitrogens with one attached hydrogen (secondary N) is 2. The van der Waals surface area contributed by atoms with Crippen molar-refractivity contribution in [2.45, 2.75) is 104 Å². The number of hydrogen-bond acceptors (Lipinski definition) is 2. The highest BCUT2D eigenvalue weighted by Crippen LogP contribution is 2.12. The maximum Gasteiger partial charge on any atom is 0.186 e. The second-order valence-electron chi connectivity index (χ2n) is 8.52. The van der Waals surface area contributed by atoms with E-state index in [1.165, 1.54) is 89.0 Å². The van der Waals surface area contributed by atoms with Crippen molar-refractivity contribution >= 4 is 29.6 Å². The van der Waals surface area contributed by atoms with Gasteiger partial charge in [0.15, 0.2) is 5.11 Å². The average Bonchev–Trinajstić information content (AvgIpc) is 2.77. The summed E-state index contributed by atoms with van der Waals surface area (Å²) in [6.45, 7) is 5.23. The number of hydrazone groups is 1. The number of allylic oxidation sites excluding steroid dienone is 1. The second kappa shape index (κ2) is 20.2. The highest BCUT2D eigenvalue weighted by atomic mass is 32.1. The summed E-state index contributed by atoms with van der Waals surface area (Å²) in [5, 5.41) is 8.04. The van der Waals surface area contributed by atoms with Gasteiger partial charge in [0, 0.05) is 6.54 Å². The van der Waals surface area contributed by atoms with Crippen LogP contribution in [-0.2, 0) is 0 Å². The van der Waals surface area contributed by atoms with E-state index in [1.54, 1.807) is 6.21 Å². The molecule has 1 rings (SSSR count). The summed E-state index contributed by atoms with van der Waals surface area (Å²) in [7, 11) is 0. The monoisotopic (exact) mass is 443 g/mol. The van der Waals surface area contributed by atoms with Crippen molar-refractivity contribution in [1.29, 1.82) is 0 Å². The van der Waals surface area contributed by atoms with Crippen LogP contribution in [0.3, 0.4) is 0 Å². The zero-order valence-corrected chi connectivity index (χ0v) is 20.8. The molecule has 4 heteroatoms. The topological polar surface area (TPSA) is 36.4 Å². The van der Waals surface area contributed by atoms with Crippen LogP contribution in [0.15, 0.2) is 41.0 Å². The minimum absolute atomic E-state index is 0.596. The lowest BCUT2D eigenvalue weighted by Gasteiger charge is -2.07. The Kier molecular flexibility index (Phi) is 17.9. The lowest BCUT2D eigenvalue weighted by molar-refractivity contribution is 0.535. The van der Waals surface area contributed by atoms with E-state index in [-0.39, 0.29) is 0 Å². The number of benzene rings is 1. The molecule has 0 aliphatic heterocycles. The van der Waals surface area contributed by atoms with Crippen molar-refractivity contribution in [3.05, 3.63) is 41.5 Å². The Labute approximate surface area is 197 Å². The van der Waals surface area contributed by atoms with E-state index in [2.05, 4.69) is 41.0 Å². The molecule has 0 aliphatic rings. The highest BCUT2D eigenvalue weighted by Gasteiger charge is 1.96. The zero-order chi connectivity index (χ0) is 22.4. The maximum atomic E-state index is 5.28. The van der Waals surface area contributed by atoms with Gasteiger partial charge >= 0.3 is 0 Å². The van der Waals surface area contributed by atoms with Gasteiger partial charge in [-0.3, -0.25) is 5.43 Å². The van der Waals surface area contributed by atoms with Gasteiger partial charge < -0.3 is 5.32 Å². The molecule has 0 heterocycles. The van der Waals surface area contributed by atoms with Crippen LogP contribution in [-0.4, -0.2) is 17.9 Å². The third-order valence-corrected chi connectivity index (χ3v) is 5.68. The fourth-order valence-corrected chi connectivity index (χ4v) is 3.76. The van der Waals surface area contributed by atoms with Crippen molar-refractivity contribution in [2.24, 2.45) is 5.10 Å². The van der Waals surface area contributed by atoms with Crippen LogP contribution in [0.4, 0.5) is 0 Å². The van der Waals surface area contributed by atoms with E-state index in [9.17, 15) is 0 Å². The molecule has 2 N–H and O–H groups in total. The number of unbranched alkanes of at least 4 members (excludes halogenated alkanes) is 13. The standard InChI is InChI=1S/C27H45N3S/c1-3-4-5-6-7-8-9-10-11-12-13-14-15-19-22-28-27(31)30-29-24-25(2)23-26-20-17-16-18-21-26/h16-18,20-21,23-24H,3-15,19,22H2,1-2H3,(H2,28,30,31)/b25-23+,29-24+. The maximum absolute atomic E-state index is 5.28. The summed E-state index contributed by atoms with van der Waals surface area (Å²) >= 11 is 5.28. The van der Waals surface area contributed by atoms with Gasteiger partial charge in [0.25, 0.3) is 0 Å². The summed E-state index contributed by atoms with van der Waals surface area (Å²) in [5.74, 6) is 0. The molecule has 0 aromatic heterocycles. The lowest BCUT2D eigenvalue weighted by Crippen LogP contribution is -2.32. The largest absolute Gasteiger partial charge is 0.361 e. The Hall–Kier alpha value is -1.68. The Morgan fingerprint density at radius 2 is 1.32 bits per heavy atom. The van der Waals surface area contributed by atoms with Crippen LogP contribution >= 0.6 is 12.2 Å². The van der Waals surface area contributed by atoms with Crippen LogP contribution in [0, 0.1) is 0 Å². The molecule has 1 aromatic rings. The van der Waals surface area contributed by atoms with Crippen LogP contribution in [0.2, 0.25) is 0 Å². The van der Waals surface area contributed by atoms with Crippen molar-refractivity contribution in [3.8, 4) is 0 Å². The average molecular weight is 444 g/mol. The second-order valence-corrected chi connectivity index (χ2v) is 8.93. The molecule has 0 unspecified atom stereocenters. The summed E-state index contributed by atoms with van der Waals surface area (Å²) in [6, 6.07) is 10.2. The molecule has 0 fully saturated rings. The molecule has 0 saturated heterocycles. The first kappa shape index (κ1) is 27.4. The van der Waals surface area contributed by atoms with Crippen LogP contribution in [0.25, 0.3) is 6.08 Å². The Bertz CT molecular complexity index is 610. The first-order valence-corrected chi connectivity index (χ1v) is 12.9. The fraction of sp³-hybridized carbons (Fsp3) is 0.630. The molecule has 0 bridgehead atoms. The quantitative estimate of drug-likeness (QED) is 0.104. The van der Waals surface area contributed by atoms with Gasteiger partial charge in [-0.15, -0.1) is 0 Å². The third kappa shape index (κ3) is 17.7. The molecule has 174 valence electrons. The molecule has 3 nitrogen and oxygen atoms in total. The van der Waals surface area contributed by atoms with Crippen molar-refractivity contribution in [2.75, 3.05) is 6.54 Å². The smallest absolute Gasteiger partial charge is 0.186 e. The van der Waals surface area contributed by atoms with E-state index in [0.29, 0.717) is 5.11 Å². The predicted molar refractivity (Wildman–Crippen MR) is 143 cm³/mol. The van der Waals surface area contributed by atoms with Gasteiger partial charge in [0.1, 0.15) is 0 Å². The van der Waals surface area contributed by atoms with Crippen LogP contribution in [0.5, 0.6) is 0 Å². The first-order valence-electron chi connectivity index (χ1n) is 12.5. The number of rotatable bonds is 18. The van der Waals surface area contributed by atoms with Crippen molar-refractivity contribution in [3.63, 3.8) is 0 Å². The molecule has 31 heavy (non-hydrogen) atoms. The van der Waals surface area contributed by atoms with Crippen LogP contribution < -0.4 is 10.7 Å². The van der Waals surface area contributed by atoms with E-state index in [4.69, 9.17) is 12.2 Å². The first-order chi connectivity index (χ1) is 15.2. The predicted octanol–water partition coefficient (Wildman–Crippen LogP) is 8.02. The Morgan fingerprint density at radius 1 is 0.806 bits per heavy atom. The van der Waals surface area contributed by atoms with E-state index in [0.717, 1.165) is 18.5 Å². The van der Waals surface area contributed by atoms with Gasteiger partial charge in [0.05, 0.1) is 6.21 Å². The van der Waals surface area contributed by atoms with Crippen LogP contribution in [0.1, 0.15) is 109 Å². The van der Waals surface area contributed by atoms with Gasteiger partial charge in [-0.05, 0) is 36.7 Å². The molecular weight excluding hydrogens is 398 g/mol. The fourth-order valence-electron chi connectivity index (χ4n) is 3.60. The molecule has 0 saturated carbocycles. The van der Waals surface area contributed by atoms with Crippen molar-refractivity contribution < 1.29 is 0 Å². The summed E-state index contributed by atoms with van der Waals surface area (Å²) in [5.41, 5.74) is 5.15. The SMILES string of the molecule is CCCCCCCCCCCCCCCCNC(=S)N/N=C/C(C)=C/c1ccccc1. The molecule has 0 atom stereocenters. The Morgan fingerprint density at radius 3 is 1.87 bits per heavy atom. The van der Waals surface area contributed by atoms with E-state index in [1.807, 2.05) is 25.1 Å². The molecule has 0 amide bonds. The molecule has 0 aliphatic carbocycles. The molecule has 1 aromatic carbocycles. The number of nitrogens with zero attached hydrogens (tertiary/aromatic N) is 1. The van der Waals surface area contributed by atoms with Gasteiger partial charge in [-0.2, -0.15) is 5.10 Å². The summed E-state index contributed by atoms with van der Waals surface area (Å²) < 4.78 is 0. The lowest BCUT2D eigenvalue weighted by atomic mass is 10.0. The molecule has 0 radical (unpaired) electrons.